The Labute approximate surface area is 131 Å². The molecule has 0 aliphatic carbocycles. The predicted octanol–water partition coefficient (Wildman–Crippen LogP) is 2.73. The molecule has 0 bridgehead atoms. The van der Waals surface area contributed by atoms with Crippen LogP contribution in [0, 0.1) is 5.92 Å². The molecule has 3 nitrogen and oxygen atoms in total. The molecule has 1 saturated heterocycles. The number of piperidine rings is 1. The maximum Gasteiger partial charge on any atom is 0.0408 e. The maximum absolute atomic E-state index is 5.73. The fraction of sp³-hybridized carbons (Fsp3) is 0.625. The second-order valence-electron chi connectivity index (χ2n) is 5.94. The minimum absolute atomic E-state index is 0.705. The van der Waals surface area contributed by atoms with Crippen molar-refractivity contribution in [2.45, 2.75) is 19.3 Å². The highest BCUT2D eigenvalue weighted by Gasteiger charge is 2.19. The van der Waals surface area contributed by atoms with Crippen molar-refractivity contribution in [3.05, 3.63) is 28.2 Å². The molecule has 0 amide bonds. The Balaban J connectivity index is 2.04. The van der Waals surface area contributed by atoms with E-state index in [4.69, 9.17) is 5.73 Å². The van der Waals surface area contributed by atoms with E-state index < -0.39 is 0 Å². The number of hydrogen-bond acceptors (Lipinski definition) is 3. The highest BCUT2D eigenvalue weighted by molar-refractivity contribution is 9.10. The molecule has 1 aliphatic rings. The zero-order chi connectivity index (χ0) is 14.5. The Kier molecular flexibility index (Phi) is 5.87. The summed E-state index contributed by atoms with van der Waals surface area (Å²) in [5.74, 6) is 0.806. The molecular formula is C16H26BrN3. The standard InChI is InChI=1S/C16H26BrN3/c1-19-9-6-13(7-10-19)12-20(2)16-11-15(17)4-3-14(16)5-8-18/h3-4,11,13H,5-10,12,18H2,1-2H3. The number of halogens is 1. The lowest BCUT2D eigenvalue weighted by Crippen LogP contribution is -2.36. The highest BCUT2D eigenvalue weighted by atomic mass is 79.9. The molecule has 0 radical (unpaired) electrons. The van der Waals surface area contributed by atoms with Gasteiger partial charge in [0.15, 0.2) is 0 Å². The Morgan fingerprint density at radius 1 is 1.35 bits per heavy atom. The lowest BCUT2D eigenvalue weighted by molar-refractivity contribution is 0.222. The van der Waals surface area contributed by atoms with E-state index in [2.05, 4.69) is 58.0 Å². The molecule has 0 saturated carbocycles. The fourth-order valence-corrected chi connectivity index (χ4v) is 3.34. The molecular weight excluding hydrogens is 314 g/mol. The average Bonchev–Trinajstić information content (AvgIpc) is 2.43. The van der Waals surface area contributed by atoms with Gasteiger partial charge < -0.3 is 15.5 Å². The Hall–Kier alpha value is -0.580. The van der Waals surface area contributed by atoms with Crippen LogP contribution in [0.5, 0.6) is 0 Å². The van der Waals surface area contributed by atoms with E-state index in [1.807, 2.05) is 0 Å². The van der Waals surface area contributed by atoms with E-state index in [0.717, 1.165) is 23.4 Å². The van der Waals surface area contributed by atoms with E-state index in [0.29, 0.717) is 6.54 Å². The Morgan fingerprint density at radius 3 is 2.70 bits per heavy atom. The fourth-order valence-electron chi connectivity index (χ4n) is 2.99. The first kappa shape index (κ1) is 15.8. The molecule has 20 heavy (non-hydrogen) atoms. The Bertz CT molecular complexity index is 428. The molecule has 2 rings (SSSR count). The summed E-state index contributed by atoms with van der Waals surface area (Å²) in [6.45, 7) is 4.30. The molecule has 1 fully saturated rings. The van der Waals surface area contributed by atoms with Crippen LogP contribution in [0.3, 0.4) is 0 Å². The summed E-state index contributed by atoms with van der Waals surface area (Å²) in [7, 11) is 4.42. The van der Waals surface area contributed by atoms with Crippen LogP contribution >= 0.6 is 15.9 Å². The third-order valence-electron chi connectivity index (χ3n) is 4.24. The van der Waals surface area contributed by atoms with Crippen LogP contribution < -0.4 is 10.6 Å². The van der Waals surface area contributed by atoms with E-state index >= 15 is 0 Å². The van der Waals surface area contributed by atoms with Gasteiger partial charge in [-0.15, -0.1) is 0 Å². The number of anilines is 1. The van der Waals surface area contributed by atoms with Gasteiger partial charge in [0.25, 0.3) is 0 Å². The minimum atomic E-state index is 0.705. The van der Waals surface area contributed by atoms with Crippen LogP contribution in [0.25, 0.3) is 0 Å². The van der Waals surface area contributed by atoms with Crippen molar-refractivity contribution in [1.29, 1.82) is 0 Å². The number of benzene rings is 1. The minimum Gasteiger partial charge on any atom is -0.374 e. The maximum atomic E-state index is 5.73. The molecule has 1 aliphatic heterocycles. The van der Waals surface area contributed by atoms with E-state index in [9.17, 15) is 0 Å². The monoisotopic (exact) mass is 339 g/mol. The van der Waals surface area contributed by atoms with E-state index in [-0.39, 0.29) is 0 Å². The first-order valence-electron chi connectivity index (χ1n) is 7.48. The van der Waals surface area contributed by atoms with Gasteiger partial charge in [-0.2, -0.15) is 0 Å². The van der Waals surface area contributed by atoms with Crippen molar-refractivity contribution in [3.63, 3.8) is 0 Å². The van der Waals surface area contributed by atoms with Gasteiger partial charge in [-0.25, -0.2) is 0 Å². The smallest absolute Gasteiger partial charge is 0.0408 e. The summed E-state index contributed by atoms with van der Waals surface area (Å²) >= 11 is 3.58. The topological polar surface area (TPSA) is 32.5 Å². The molecule has 4 heteroatoms. The first-order valence-corrected chi connectivity index (χ1v) is 8.27. The molecule has 1 aromatic carbocycles. The van der Waals surface area contributed by atoms with Crippen LogP contribution in [-0.2, 0) is 6.42 Å². The average molecular weight is 340 g/mol. The van der Waals surface area contributed by atoms with Gasteiger partial charge in [0.2, 0.25) is 0 Å². The van der Waals surface area contributed by atoms with Crippen LogP contribution in [0.2, 0.25) is 0 Å². The summed E-state index contributed by atoms with van der Waals surface area (Å²) in [6, 6.07) is 6.52. The van der Waals surface area contributed by atoms with Crippen LogP contribution in [-0.4, -0.2) is 45.2 Å². The molecule has 0 atom stereocenters. The molecule has 2 N–H and O–H groups in total. The van der Waals surface area contributed by atoms with Crippen LogP contribution in [0.15, 0.2) is 22.7 Å². The predicted molar refractivity (Wildman–Crippen MR) is 90.4 cm³/mol. The molecule has 0 unspecified atom stereocenters. The summed E-state index contributed by atoms with van der Waals surface area (Å²) in [5.41, 5.74) is 8.41. The van der Waals surface area contributed by atoms with Gasteiger partial charge in [-0.3, -0.25) is 0 Å². The summed E-state index contributed by atoms with van der Waals surface area (Å²) < 4.78 is 1.14. The van der Waals surface area contributed by atoms with Gasteiger partial charge in [-0.1, -0.05) is 22.0 Å². The van der Waals surface area contributed by atoms with Crippen LogP contribution in [0.4, 0.5) is 5.69 Å². The number of nitrogens with zero attached hydrogens (tertiary/aromatic N) is 2. The van der Waals surface area contributed by atoms with Crippen LogP contribution in [0.1, 0.15) is 18.4 Å². The third kappa shape index (κ3) is 4.21. The van der Waals surface area contributed by atoms with Crippen molar-refractivity contribution in [2.75, 3.05) is 45.2 Å². The lowest BCUT2D eigenvalue weighted by Gasteiger charge is -2.33. The van der Waals surface area contributed by atoms with Gasteiger partial charge in [0, 0.05) is 23.8 Å². The lowest BCUT2D eigenvalue weighted by atomic mass is 9.96. The molecule has 112 valence electrons. The second kappa shape index (κ2) is 7.43. The van der Waals surface area contributed by atoms with Crippen molar-refractivity contribution in [1.82, 2.24) is 4.90 Å². The van der Waals surface area contributed by atoms with Crippen molar-refractivity contribution in [2.24, 2.45) is 11.7 Å². The molecule has 0 spiro atoms. The summed E-state index contributed by atoms with van der Waals surface area (Å²) in [4.78, 5) is 4.83. The number of likely N-dealkylation sites (tertiary alicyclic amines) is 1. The van der Waals surface area contributed by atoms with Gasteiger partial charge in [-0.05, 0) is 69.6 Å². The summed E-state index contributed by atoms with van der Waals surface area (Å²) in [6.07, 6.45) is 3.56. The van der Waals surface area contributed by atoms with Crippen molar-refractivity contribution < 1.29 is 0 Å². The van der Waals surface area contributed by atoms with E-state index in [1.165, 1.54) is 37.2 Å². The molecule has 0 aromatic heterocycles. The Morgan fingerprint density at radius 2 is 2.05 bits per heavy atom. The zero-order valence-corrected chi connectivity index (χ0v) is 14.2. The van der Waals surface area contributed by atoms with Gasteiger partial charge in [0.05, 0.1) is 0 Å². The normalized spacial score (nSPS) is 17.4. The van der Waals surface area contributed by atoms with Crippen molar-refractivity contribution in [3.8, 4) is 0 Å². The largest absolute Gasteiger partial charge is 0.374 e. The quantitative estimate of drug-likeness (QED) is 0.895. The third-order valence-corrected chi connectivity index (χ3v) is 4.74. The number of rotatable bonds is 5. The van der Waals surface area contributed by atoms with Gasteiger partial charge in [0.1, 0.15) is 0 Å². The number of hydrogen-bond donors (Lipinski definition) is 1. The SMILES string of the molecule is CN1CCC(CN(C)c2cc(Br)ccc2CCN)CC1. The van der Waals surface area contributed by atoms with Gasteiger partial charge >= 0.3 is 0 Å². The molecule has 1 aromatic rings. The molecule has 1 heterocycles. The summed E-state index contributed by atoms with van der Waals surface area (Å²) in [5, 5.41) is 0. The first-order chi connectivity index (χ1) is 9.60. The zero-order valence-electron chi connectivity index (χ0n) is 12.6. The van der Waals surface area contributed by atoms with Crippen molar-refractivity contribution >= 4 is 21.6 Å². The highest BCUT2D eigenvalue weighted by Crippen LogP contribution is 2.27. The van der Waals surface area contributed by atoms with E-state index in [1.54, 1.807) is 0 Å². The second-order valence-corrected chi connectivity index (χ2v) is 6.85. The number of nitrogens with two attached hydrogens (primary N) is 1.